The summed E-state index contributed by atoms with van der Waals surface area (Å²) in [7, 11) is 0. The first kappa shape index (κ1) is 19.6. The van der Waals surface area contributed by atoms with E-state index in [0.29, 0.717) is 12.3 Å². The smallest absolute Gasteiger partial charge is 0.269 e. The molecule has 1 heterocycles. The second-order valence-corrected chi connectivity index (χ2v) is 5.69. The highest BCUT2D eigenvalue weighted by atomic mass is 35.5. The van der Waals surface area contributed by atoms with Crippen molar-refractivity contribution in [3.8, 4) is 5.75 Å². The molecule has 1 saturated heterocycles. The van der Waals surface area contributed by atoms with Crippen molar-refractivity contribution in [2.75, 3.05) is 26.2 Å². The van der Waals surface area contributed by atoms with E-state index in [2.05, 4.69) is 4.90 Å². The minimum absolute atomic E-state index is 0. The lowest BCUT2D eigenvalue weighted by molar-refractivity contribution is -0.384. The summed E-state index contributed by atoms with van der Waals surface area (Å²) in [4.78, 5) is 12.3. The topological polar surface area (TPSA) is 85.1 Å². The van der Waals surface area contributed by atoms with Crippen molar-refractivity contribution in [1.82, 2.24) is 4.90 Å². The number of hydrogen-bond donors (Lipinski definition) is 1. The van der Waals surface area contributed by atoms with Crippen LogP contribution in [0.3, 0.4) is 0 Å². The van der Waals surface area contributed by atoms with Crippen molar-refractivity contribution < 1.29 is 19.5 Å². The van der Waals surface area contributed by atoms with E-state index in [1.165, 1.54) is 24.3 Å². The van der Waals surface area contributed by atoms with E-state index in [4.69, 9.17) is 9.47 Å². The van der Waals surface area contributed by atoms with Gasteiger partial charge in [0.2, 0.25) is 0 Å². The fourth-order valence-electron chi connectivity index (χ4n) is 2.64. The Labute approximate surface area is 141 Å². The number of nitro benzene ring substituents is 1. The zero-order chi connectivity index (χ0) is 16.1. The Hall–Kier alpha value is -1.41. The molecule has 1 N–H and O–H groups in total. The van der Waals surface area contributed by atoms with E-state index in [0.717, 1.165) is 13.1 Å². The van der Waals surface area contributed by atoms with Crippen molar-refractivity contribution in [2.24, 2.45) is 0 Å². The highest BCUT2D eigenvalue weighted by molar-refractivity contribution is 5.85. The number of non-ortho nitro benzene ring substituents is 1. The summed E-state index contributed by atoms with van der Waals surface area (Å²) in [5, 5.41) is 20.6. The number of aliphatic hydroxyl groups is 1. The molecular formula is C15H23ClN2O5. The molecular weight excluding hydrogens is 324 g/mol. The largest absolute Gasteiger partial charge is 0.491 e. The average molecular weight is 347 g/mol. The molecule has 0 spiro atoms. The van der Waals surface area contributed by atoms with Gasteiger partial charge in [0, 0.05) is 31.8 Å². The molecule has 0 aliphatic carbocycles. The van der Waals surface area contributed by atoms with Gasteiger partial charge >= 0.3 is 0 Å². The van der Waals surface area contributed by atoms with Crippen LogP contribution in [0, 0.1) is 10.1 Å². The molecule has 1 aromatic rings. The summed E-state index contributed by atoms with van der Waals surface area (Å²) < 4.78 is 11.1. The first-order chi connectivity index (χ1) is 10.4. The van der Waals surface area contributed by atoms with E-state index < -0.39 is 11.0 Å². The normalized spacial score (nSPS) is 22.9. The van der Waals surface area contributed by atoms with Gasteiger partial charge in [-0.25, -0.2) is 0 Å². The van der Waals surface area contributed by atoms with Crippen LogP contribution in [0.1, 0.15) is 13.8 Å². The van der Waals surface area contributed by atoms with Crippen LogP contribution in [-0.2, 0) is 4.74 Å². The molecule has 130 valence electrons. The fraction of sp³-hybridized carbons (Fsp3) is 0.600. The standard InChI is InChI=1S/C15H22N2O5.ClH/c1-11-7-16(8-12(2)22-11)9-14(18)10-21-15-5-3-13(4-6-15)17(19)20;/h3-6,11-12,14,18H,7-10H2,1-2H3;1H. The van der Waals surface area contributed by atoms with Gasteiger partial charge < -0.3 is 14.6 Å². The molecule has 8 heteroatoms. The molecule has 1 fully saturated rings. The van der Waals surface area contributed by atoms with Crippen molar-refractivity contribution in [3.05, 3.63) is 34.4 Å². The van der Waals surface area contributed by atoms with Crippen LogP contribution in [0.5, 0.6) is 5.75 Å². The highest BCUT2D eigenvalue weighted by Gasteiger charge is 2.23. The zero-order valence-electron chi connectivity index (χ0n) is 13.3. The molecule has 1 aliphatic rings. The summed E-state index contributed by atoms with van der Waals surface area (Å²) in [6, 6.07) is 5.83. The van der Waals surface area contributed by atoms with Gasteiger partial charge in [0.25, 0.3) is 5.69 Å². The highest BCUT2D eigenvalue weighted by Crippen LogP contribution is 2.17. The number of β-amino-alcohol motifs (C(OH)–C–C–N with tert-alkyl or cyclic N) is 1. The first-order valence-electron chi connectivity index (χ1n) is 7.37. The Morgan fingerprint density at radius 1 is 1.35 bits per heavy atom. The number of nitro groups is 1. The average Bonchev–Trinajstić information content (AvgIpc) is 2.44. The number of rotatable bonds is 6. The van der Waals surface area contributed by atoms with Gasteiger partial charge in [0.15, 0.2) is 0 Å². The molecule has 0 radical (unpaired) electrons. The number of ether oxygens (including phenoxy) is 2. The molecule has 7 nitrogen and oxygen atoms in total. The third kappa shape index (κ3) is 6.31. The molecule has 1 aromatic carbocycles. The van der Waals surface area contributed by atoms with E-state index >= 15 is 0 Å². The van der Waals surface area contributed by atoms with Gasteiger partial charge in [-0.05, 0) is 26.0 Å². The zero-order valence-corrected chi connectivity index (χ0v) is 14.1. The molecule has 3 atom stereocenters. The Balaban J connectivity index is 0.00000264. The predicted octanol–water partition coefficient (Wildman–Crippen LogP) is 1.87. The number of aliphatic hydroxyl groups excluding tert-OH is 1. The summed E-state index contributed by atoms with van der Waals surface area (Å²) in [5.41, 5.74) is 0.0178. The first-order valence-corrected chi connectivity index (χ1v) is 7.37. The van der Waals surface area contributed by atoms with Gasteiger partial charge in [-0.1, -0.05) is 0 Å². The van der Waals surface area contributed by atoms with Crippen molar-refractivity contribution >= 4 is 18.1 Å². The SMILES string of the molecule is CC1CN(CC(O)COc2ccc([N+](=O)[O-])cc2)CC(C)O1.Cl. The van der Waals surface area contributed by atoms with Gasteiger partial charge in [-0.2, -0.15) is 0 Å². The summed E-state index contributed by atoms with van der Waals surface area (Å²) in [6.07, 6.45) is -0.300. The Kier molecular flexibility index (Phi) is 7.70. The number of nitrogens with zero attached hydrogens (tertiary/aromatic N) is 2. The van der Waals surface area contributed by atoms with Gasteiger partial charge in [-0.15, -0.1) is 12.4 Å². The monoisotopic (exact) mass is 346 g/mol. The summed E-state index contributed by atoms with van der Waals surface area (Å²) >= 11 is 0. The lowest BCUT2D eigenvalue weighted by atomic mass is 10.2. The predicted molar refractivity (Wildman–Crippen MR) is 88.3 cm³/mol. The Bertz CT molecular complexity index is 489. The second kappa shape index (κ2) is 9.02. The van der Waals surface area contributed by atoms with E-state index in [1.54, 1.807) is 0 Å². The molecule has 3 unspecified atom stereocenters. The third-order valence-electron chi connectivity index (χ3n) is 3.45. The van der Waals surface area contributed by atoms with Crippen LogP contribution in [0.2, 0.25) is 0 Å². The maximum atomic E-state index is 10.6. The van der Waals surface area contributed by atoms with Gasteiger partial charge in [-0.3, -0.25) is 15.0 Å². The van der Waals surface area contributed by atoms with Crippen LogP contribution >= 0.6 is 12.4 Å². The minimum atomic E-state index is -0.618. The third-order valence-corrected chi connectivity index (χ3v) is 3.45. The minimum Gasteiger partial charge on any atom is -0.491 e. The molecule has 23 heavy (non-hydrogen) atoms. The summed E-state index contributed by atoms with van der Waals surface area (Å²) in [6.45, 7) is 6.28. The maximum absolute atomic E-state index is 10.6. The van der Waals surface area contributed by atoms with Crippen LogP contribution < -0.4 is 4.74 Å². The molecule has 0 saturated carbocycles. The molecule has 0 aromatic heterocycles. The lowest BCUT2D eigenvalue weighted by Crippen LogP contribution is -2.48. The number of benzene rings is 1. The number of morpholine rings is 1. The van der Waals surface area contributed by atoms with Gasteiger partial charge in [0.1, 0.15) is 18.5 Å². The molecule has 0 amide bonds. The summed E-state index contributed by atoms with van der Waals surface area (Å²) in [5.74, 6) is 0.508. The van der Waals surface area contributed by atoms with Gasteiger partial charge in [0.05, 0.1) is 17.1 Å². The second-order valence-electron chi connectivity index (χ2n) is 5.69. The fourth-order valence-corrected chi connectivity index (χ4v) is 2.64. The van der Waals surface area contributed by atoms with Crippen molar-refractivity contribution in [3.63, 3.8) is 0 Å². The Morgan fingerprint density at radius 3 is 2.43 bits per heavy atom. The van der Waals surface area contributed by atoms with Crippen LogP contribution in [0.15, 0.2) is 24.3 Å². The van der Waals surface area contributed by atoms with Crippen molar-refractivity contribution in [1.29, 1.82) is 0 Å². The van der Waals surface area contributed by atoms with Crippen LogP contribution in [-0.4, -0.2) is 59.5 Å². The molecule has 1 aliphatic heterocycles. The number of halogens is 1. The maximum Gasteiger partial charge on any atom is 0.269 e. The van der Waals surface area contributed by atoms with E-state index in [1.807, 2.05) is 13.8 Å². The van der Waals surface area contributed by atoms with Crippen LogP contribution in [0.25, 0.3) is 0 Å². The molecule has 0 bridgehead atoms. The Morgan fingerprint density at radius 2 is 1.91 bits per heavy atom. The van der Waals surface area contributed by atoms with Crippen LogP contribution in [0.4, 0.5) is 5.69 Å². The molecule has 2 rings (SSSR count). The van der Waals surface area contributed by atoms with Crippen molar-refractivity contribution in [2.45, 2.75) is 32.2 Å². The number of hydrogen-bond acceptors (Lipinski definition) is 6. The lowest BCUT2D eigenvalue weighted by Gasteiger charge is -2.36. The van der Waals surface area contributed by atoms with E-state index in [-0.39, 0.29) is 36.9 Å². The quantitative estimate of drug-likeness (QED) is 0.625. The van der Waals surface area contributed by atoms with E-state index in [9.17, 15) is 15.2 Å².